The van der Waals surface area contributed by atoms with Crippen molar-refractivity contribution < 1.29 is 0 Å². The lowest BCUT2D eigenvalue weighted by molar-refractivity contribution is 0.627. The van der Waals surface area contributed by atoms with Crippen molar-refractivity contribution in [2.45, 2.75) is 27.7 Å². The first-order valence-electron chi connectivity index (χ1n) is 4.00. The fraction of sp³-hybridized carbons (Fsp3) is 0.667. The largest absolute Gasteiger partial charge is 0.384 e. The normalized spacial score (nSPS) is 10.4. The van der Waals surface area contributed by atoms with Gasteiger partial charge < -0.3 is 5.73 Å². The molecule has 0 radical (unpaired) electrons. The van der Waals surface area contributed by atoms with Crippen LogP contribution < -0.4 is 5.73 Å². The lowest BCUT2D eigenvalue weighted by Crippen LogP contribution is -2.11. The van der Waals surface area contributed by atoms with Gasteiger partial charge in [0.15, 0.2) is 0 Å². The summed E-state index contributed by atoms with van der Waals surface area (Å²) in [6.45, 7) is 8.48. The Labute approximate surface area is 69.0 Å². The molecule has 2 nitrogen and oxygen atoms in total. The van der Waals surface area contributed by atoms with Crippen LogP contribution in [0.25, 0.3) is 0 Å². The van der Waals surface area contributed by atoms with Gasteiger partial charge in [0.2, 0.25) is 0 Å². The number of hydrogen-bond acceptors (Lipinski definition) is 1. The third kappa shape index (κ3) is 3.81. The second kappa shape index (κ2) is 4.16. The Morgan fingerprint density at radius 3 is 1.64 bits per heavy atom. The molecule has 64 valence electrons. The molecule has 0 saturated carbocycles. The third-order valence-corrected chi connectivity index (χ3v) is 1.66. The van der Waals surface area contributed by atoms with E-state index in [0.29, 0.717) is 11.8 Å². The summed E-state index contributed by atoms with van der Waals surface area (Å²) < 4.78 is 0. The molecule has 0 rings (SSSR count). The van der Waals surface area contributed by atoms with Crippen LogP contribution in [0.2, 0.25) is 0 Å². The maximum atomic E-state index is 7.11. The topological polar surface area (TPSA) is 49.9 Å². The molecule has 0 fully saturated rings. The lowest BCUT2D eigenvalue weighted by Gasteiger charge is -2.14. The summed E-state index contributed by atoms with van der Waals surface area (Å²) >= 11 is 0. The molecule has 0 aliphatic carbocycles. The van der Waals surface area contributed by atoms with Gasteiger partial charge in [-0.15, -0.1) is 0 Å². The predicted octanol–water partition coefficient (Wildman–Crippen LogP) is 2.16. The summed E-state index contributed by atoms with van der Waals surface area (Å²) in [4.78, 5) is 0. The van der Waals surface area contributed by atoms with E-state index in [1.54, 1.807) is 6.08 Å². The minimum Gasteiger partial charge on any atom is -0.384 e. The smallest absolute Gasteiger partial charge is 0.115 e. The minimum atomic E-state index is 0.155. The van der Waals surface area contributed by atoms with E-state index in [1.165, 1.54) is 5.57 Å². The molecule has 3 N–H and O–H groups in total. The summed E-state index contributed by atoms with van der Waals surface area (Å²) in [6.07, 6.45) is 1.76. The highest BCUT2D eigenvalue weighted by molar-refractivity contribution is 5.89. The number of rotatable bonds is 3. The Hall–Kier alpha value is -0.790. The molecule has 0 bridgehead atoms. The second-order valence-electron chi connectivity index (χ2n) is 3.41. The summed E-state index contributed by atoms with van der Waals surface area (Å²) in [5, 5.41) is 7.11. The highest BCUT2D eigenvalue weighted by atomic mass is 14.7. The van der Waals surface area contributed by atoms with Crippen LogP contribution in [0.3, 0.4) is 0 Å². The van der Waals surface area contributed by atoms with Crippen molar-refractivity contribution in [3.8, 4) is 0 Å². The van der Waals surface area contributed by atoms with Gasteiger partial charge in [0, 0.05) is 0 Å². The SMILES string of the molecule is CC(C)C(=CC(=N)N)C(C)C. The van der Waals surface area contributed by atoms with Gasteiger partial charge in [-0.05, 0) is 17.9 Å². The van der Waals surface area contributed by atoms with Crippen molar-refractivity contribution in [3.05, 3.63) is 11.6 Å². The molecule has 11 heavy (non-hydrogen) atoms. The second-order valence-corrected chi connectivity index (χ2v) is 3.41. The maximum absolute atomic E-state index is 7.11. The zero-order valence-electron chi connectivity index (χ0n) is 7.81. The highest BCUT2D eigenvalue weighted by Gasteiger charge is 2.07. The Bertz CT molecular complexity index is 156. The summed E-state index contributed by atoms with van der Waals surface area (Å²) in [5.41, 5.74) is 6.52. The monoisotopic (exact) mass is 154 g/mol. The summed E-state index contributed by atoms with van der Waals surface area (Å²) in [6, 6.07) is 0. The van der Waals surface area contributed by atoms with Crippen molar-refractivity contribution in [1.82, 2.24) is 0 Å². The molecule has 0 saturated heterocycles. The van der Waals surface area contributed by atoms with Gasteiger partial charge in [0.05, 0.1) is 0 Å². The van der Waals surface area contributed by atoms with E-state index in [-0.39, 0.29) is 5.84 Å². The number of nitrogens with two attached hydrogens (primary N) is 1. The first kappa shape index (κ1) is 10.2. The Morgan fingerprint density at radius 2 is 1.55 bits per heavy atom. The van der Waals surface area contributed by atoms with Gasteiger partial charge in [0.1, 0.15) is 5.84 Å². The molecule has 0 aliphatic rings. The quantitative estimate of drug-likeness (QED) is 0.475. The van der Waals surface area contributed by atoms with E-state index in [2.05, 4.69) is 27.7 Å². The average Bonchev–Trinajstić information content (AvgIpc) is 1.81. The van der Waals surface area contributed by atoms with Crippen LogP contribution in [0.1, 0.15) is 27.7 Å². The van der Waals surface area contributed by atoms with Crippen LogP contribution in [0.15, 0.2) is 11.6 Å². The van der Waals surface area contributed by atoms with Gasteiger partial charge in [-0.3, -0.25) is 5.41 Å². The van der Waals surface area contributed by atoms with Crippen molar-refractivity contribution in [3.63, 3.8) is 0 Å². The van der Waals surface area contributed by atoms with E-state index in [1.807, 2.05) is 0 Å². The molecule has 0 atom stereocenters. The molecule has 0 aromatic rings. The molecule has 0 heterocycles. The van der Waals surface area contributed by atoms with Crippen LogP contribution in [-0.2, 0) is 0 Å². The highest BCUT2D eigenvalue weighted by Crippen LogP contribution is 2.18. The maximum Gasteiger partial charge on any atom is 0.115 e. The van der Waals surface area contributed by atoms with Crippen LogP contribution in [-0.4, -0.2) is 5.84 Å². The van der Waals surface area contributed by atoms with Crippen molar-refractivity contribution >= 4 is 5.84 Å². The first-order valence-corrected chi connectivity index (χ1v) is 4.00. The molecule has 0 unspecified atom stereocenters. The number of amidine groups is 1. The molecular formula is C9H18N2. The molecule has 0 aliphatic heterocycles. The van der Waals surface area contributed by atoms with Crippen molar-refractivity contribution in [2.75, 3.05) is 0 Å². The number of allylic oxidation sites excluding steroid dienone is 1. The molecular weight excluding hydrogens is 136 g/mol. The third-order valence-electron chi connectivity index (χ3n) is 1.66. The average molecular weight is 154 g/mol. The zero-order valence-corrected chi connectivity index (χ0v) is 7.81. The van der Waals surface area contributed by atoms with Crippen LogP contribution >= 0.6 is 0 Å². The Morgan fingerprint density at radius 1 is 1.18 bits per heavy atom. The molecule has 0 aromatic carbocycles. The van der Waals surface area contributed by atoms with Crippen LogP contribution in [0.5, 0.6) is 0 Å². The standard InChI is InChI=1S/C9H18N2/c1-6(2)8(7(3)4)5-9(10)11/h5-7H,1-4H3,(H3,10,11). The van der Waals surface area contributed by atoms with E-state index < -0.39 is 0 Å². The van der Waals surface area contributed by atoms with Gasteiger partial charge >= 0.3 is 0 Å². The molecule has 0 amide bonds. The fourth-order valence-corrected chi connectivity index (χ4v) is 1.18. The van der Waals surface area contributed by atoms with E-state index in [4.69, 9.17) is 11.1 Å². The Kier molecular flexibility index (Phi) is 3.86. The molecule has 0 aromatic heterocycles. The fourth-order valence-electron chi connectivity index (χ4n) is 1.18. The van der Waals surface area contributed by atoms with Crippen molar-refractivity contribution in [1.29, 1.82) is 5.41 Å². The molecule has 2 heteroatoms. The van der Waals surface area contributed by atoms with Gasteiger partial charge in [-0.2, -0.15) is 0 Å². The number of nitrogens with one attached hydrogen (secondary N) is 1. The van der Waals surface area contributed by atoms with E-state index in [0.717, 1.165) is 0 Å². The zero-order chi connectivity index (χ0) is 9.02. The summed E-state index contributed by atoms with van der Waals surface area (Å²) in [5.74, 6) is 1.13. The summed E-state index contributed by atoms with van der Waals surface area (Å²) in [7, 11) is 0. The predicted molar refractivity (Wildman–Crippen MR) is 49.7 cm³/mol. The first-order chi connectivity index (χ1) is 4.95. The van der Waals surface area contributed by atoms with Crippen molar-refractivity contribution in [2.24, 2.45) is 17.6 Å². The minimum absolute atomic E-state index is 0.155. The van der Waals surface area contributed by atoms with Crippen LogP contribution in [0, 0.1) is 17.2 Å². The number of hydrogen-bond donors (Lipinski definition) is 2. The lowest BCUT2D eigenvalue weighted by atomic mass is 9.92. The van der Waals surface area contributed by atoms with Gasteiger partial charge in [0.25, 0.3) is 0 Å². The van der Waals surface area contributed by atoms with E-state index in [9.17, 15) is 0 Å². The Balaban J connectivity index is 4.46. The van der Waals surface area contributed by atoms with Gasteiger partial charge in [-0.1, -0.05) is 33.3 Å². The molecule has 0 spiro atoms. The van der Waals surface area contributed by atoms with Crippen LogP contribution in [0.4, 0.5) is 0 Å². The van der Waals surface area contributed by atoms with Gasteiger partial charge in [-0.25, -0.2) is 0 Å². The van der Waals surface area contributed by atoms with E-state index >= 15 is 0 Å².